The first kappa shape index (κ1) is 27.6. The highest BCUT2D eigenvalue weighted by Crippen LogP contribution is 2.37. The van der Waals surface area contributed by atoms with Crippen LogP contribution in [0.5, 0.6) is 5.75 Å². The number of benzene rings is 2. The molecule has 1 aliphatic heterocycles. The Morgan fingerprint density at radius 1 is 1.18 bits per heavy atom. The summed E-state index contributed by atoms with van der Waals surface area (Å²) < 4.78 is 59.9. The van der Waals surface area contributed by atoms with Crippen molar-refractivity contribution in [2.75, 3.05) is 13.2 Å². The second-order valence-electron chi connectivity index (χ2n) is 10.2. The Hall–Kier alpha value is -3.44. The van der Waals surface area contributed by atoms with Crippen LogP contribution in [-0.4, -0.2) is 45.7 Å². The average molecular weight is 533 g/mol. The fraction of sp³-hybridized carbons (Fsp3) is 0.444. The smallest absolute Gasteiger partial charge is 0.417 e. The van der Waals surface area contributed by atoms with Crippen LogP contribution < -0.4 is 10.1 Å². The molecule has 1 N–H and O–H groups in total. The van der Waals surface area contributed by atoms with Crippen molar-refractivity contribution < 1.29 is 32.2 Å². The average Bonchev–Trinajstić information content (AvgIpc) is 3.39. The summed E-state index contributed by atoms with van der Waals surface area (Å²) >= 11 is 0. The van der Waals surface area contributed by atoms with E-state index in [1.165, 1.54) is 22.8 Å². The number of carbonyl (C=O) groups is 1. The number of nitrogens with zero attached hydrogens (tertiary/aromatic N) is 3. The first-order chi connectivity index (χ1) is 17.7. The summed E-state index contributed by atoms with van der Waals surface area (Å²) in [6, 6.07) is 10.4. The molecule has 1 aliphatic rings. The Bertz CT molecular complexity index is 1330. The standard InChI is InChI=1S/C27H31F3N4O4/c1-16-11-12-21(19(13-16)23(35)31-14-17-15-36-26(4,5)37-17)38-25(2,3)24-33-32-22(34(24)6)18-9-7-8-10-20(18)27(28,29)30/h7-13,17H,14-15H2,1-6H3,(H,31,35). The van der Waals surface area contributed by atoms with E-state index in [4.69, 9.17) is 14.2 Å². The summed E-state index contributed by atoms with van der Waals surface area (Å²) in [5.41, 5.74) is -0.885. The maximum Gasteiger partial charge on any atom is 0.417 e. The number of halogens is 3. The van der Waals surface area contributed by atoms with Crippen molar-refractivity contribution in [3.63, 3.8) is 0 Å². The number of aromatic nitrogens is 3. The van der Waals surface area contributed by atoms with Crippen LogP contribution in [0.15, 0.2) is 42.5 Å². The van der Waals surface area contributed by atoms with Crippen LogP contribution in [0.3, 0.4) is 0 Å². The molecule has 1 atom stereocenters. The molecule has 204 valence electrons. The molecule has 0 spiro atoms. The van der Waals surface area contributed by atoms with E-state index in [0.29, 0.717) is 17.9 Å². The first-order valence-corrected chi connectivity index (χ1v) is 12.1. The Balaban J connectivity index is 1.58. The Morgan fingerprint density at radius 2 is 1.89 bits per heavy atom. The topological polar surface area (TPSA) is 87.5 Å². The van der Waals surface area contributed by atoms with Crippen molar-refractivity contribution in [3.8, 4) is 17.1 Å². The van der Waals surface area contributed by atoms with Crippen LogP contribution in [0, 0.1) is 6.92 Å². The van der Waals surface area contributed by atoms with E-state index >= 15 is 0 Å². The van der Waals surface area contributed by atoms with Crippen molar-refractivity contribution >= 4 is 5.91 Å². The van der Waals surface area contributed by atoms with Crippen LogP contribution in [-0.2, 0) is 28.3 Å². The zero-order chi connectivity index (χ0) is 27.9. The van der Waals surface area contributed by atoms with Crippen LogP contribution in [0.25, 0.3) is 11.4 Å². The second kappa shape index (κ2) is 10.0. The van der Waals surface area contributed by atoms with Crippen molar-refractivity contribution in [2.24, 2.45) is 7.05 Å². The summed E-state index contributed by atoms with van der Waals surface area (Å²) in [7, 11) is 1.58. The molecule has 38 heavy (non-hydrogen) atoms. The van der Waals surface area contributed by atoms with Gasteiger partial charge in [0.25, 0.3) is 5.91 Å². The molecule has 2 aromatic carbocycles. The molecular formula is C27H31F3N4O4. The molecule has 0 aliphatic carbocycles. The molecular weight excluding hydrogens is 501 g/mol. The molecule has 2 heterocycles. The highest BCUT2D eigenvalue weighted by atomic mass is 19.4. The van der Waals surface area contributed by atoms with E-state index in [-0.39, 0.29) is 35.8 Å². The molecule has 8 nitrogen and oxygen atoms in total. The van der Waals surface area contributed by atoms with Crippen LogP contribution >= 0.6 is 0 Å². The fourth-order valence-corrected chi connectivity index (χ4v) is 4.41. The number of ether oxygens (including phenoxy) is 3. The molecule has 1 amide bonds. The zero-order valence-corrected chi connectivity index (χ0v) is 22.1. The summed E-state index contributed by atoms with van der Waals surface area (Å²) in [5.74, 6) is -0.428. The Morgan fingerprint density at radius 3 is 2.55 bits per heavy atom. The van der Waals surface area contributed by atoms with Gasteiger partial charge in [0.1, 0.15) is 11.9 Å². The third-order valence-electron chi connectivity index (χ3n) is 6.19. The van der Waals surface area contributed by atoms with Crippen molar-refractivity contribution in [1.29, 1.82) is 0 Å². The lowest BCUT2D eigenvalue weighted by Crippen LogP contribution is -2.35. The highest BCUT2D eigenvalue weighted by Gasteiger charge is 2.37. The second-order valence-corrected chi connectivity index (χ2v) is 10.2. The molecule has 0 bridgehead atoms. The van der Waals surface area contributed by atoms with E-state index in [2.05, 4.69) is 15.5 Å². The highest BCUT2D eigenvalue weighted by molar-refractivity contribution is 5.97. The van der Waals surface area contributed by atoms with E-state index in [0.717, 1.165) is 11.6 Å². The van der Waals surface area contributed by atoms with Gasteiger partial charge in [-0.25, -0.2) is 0 Å². The zero-order valence-electron chi connectivity index (χ0n) is 22.1. The lowest BCUT2D eigenvalue weighted by atomic mass is 10.1. The quantitative estimate of drug-likeness (QED) is 0.461. The number of nitrogens with one attached hydrogen (secondary N) is 1. The summed E-state index contributed by atoms with van der Waals surface area (Å²) in [6.45, 7) is 9.52. The van der Waals surface area contributed by atoms with Crippen molar-refractivity contribution in [3.05, 3.63) is 65.0 Å². The van der Waals surface area contributed by atoms with Gasteiger partial charge < -0.3 is 24.1 Å². The number of carbonyl (C=O) groups excluding carboxylic acids is 1. The SMILES string of the molecule is Cc1ccc(OC(C)(C)c2nnc(-c3ccccc3C(F)(F)F)n2C)c(C(=O)NCC2COC(C)(C)O2)c1. The molecule has 0 radical (unpaired) electrons. The summed E-state index contributed by atoms with van der Waals surface area (Å²) in [6.07, 6.45) is -4.83. The van der Waals surface area contributed by atoms with Gasteiger partial charge in [-0.2, -0.15) is 13.2 Å². The maximum absolute atomic E-state index is 13.6. The molecule has 3 aromatic rings. The van der Waals surface area contributed by atoms with Crippen LogP contribution in [0.2, 0.25) is 0 Å². The first-order valence-electron chi connectivity index (χ1n) is 12.1. The van der Waals surface area contributed by atoms with Crippen LogP contribution in [0.1, 0.15) is 55.0 Å². The molecule has 1 fully saturated rings. The largest absolute Gasteiger partial charge is 0.479 e. The molecule has 1 aromatic heterocycles. The van der Waals surface area contributed by atoms with Gasteiger partial charge in [0.05, 0.1) is 17.7 Å². The minimum absolute atomic E-state index is 0.0492. The number of hydrogen-bond acceptors (Lipinski definition) is 6. The van der Waals surface area contributed by atoms with Crippen LogP contribution in [0.4, 0.5) is 13.2 Å². The number of aryl methyl sites for hydroxylation is 1. The molecule has 1 unspecified atom stereocenters. The van der Waals surface area contributed by atoms with Gasteiger partial charge in [-0.05, 0) is 52.8 Å². The van der Waals surface area contributed by atoms with E-state index in [9.17, 15) is 18.0 Å². The number of alkyl halides is 3. The Kier molecular flexibility index (Phi) is 7.28. The van der Waals surface area contributed by atoms with Crippen molar-refractivity contribution in [1.82, 2.24) is 20.1 Å². The lowest BCUT2D eigenvalue weighted by molar-refractivity contribution is -0.138. The van der Waals surface area contributed by atoms with E-state index in [1.54, 1.807) is 39.1 Å². The third kappa shape index (κ3) is 5.83. The molecule has 1 saturated heterocycles. The molecule has 11 heteroatoms. The normalized spacial score (nSPS) is 17.4. The maximum atomic E-state index is 13.6. The predicted octanol–water partition coefficient (Wildman–Crippen LogP) is 5.00. The van der Waals surface area contributed by atoms with Gasteiger partial charge in [-0.15, -0.1) is 10.2 Å². The predicted molar refractivity (Wildman–Crippen MR) is 134 cm³/mol. The van der Waals surface area contributed by atoms with E-state index in [1.807, 2.05) is 20.8 Å². The summed E-state index contributed by atoms with van der Waals surface area (Å²) in [5, 5.41) is 11.1. The van der Waals surface area contributed by atoms with Gasteiger partial charge >= 0.3 is 6.18 Å². The van der Waals surface area contributed by atoms with E-state index < -0.39 is 23.1 Å². The molecule has 0 saturated carbocycles. The third-order valence-corrected chi connectivity index (χ3v) is 6.19. The van der Waals surface area contributed by atoms with Gasteiger partial charge in [-0.3, -0.25) is 4.79 Å². The van der Waals surface area contributed by atoms with Gasteiger partial charge in [-0.1, -0.05) is 29.8 Å². The minimum Gasteiger partial charge on any atom is -0.479 e. The monoisotopic (exact) mass is 532 g/mol. The van der Waals surface area contributed by atoms with Gasteiger partial charge in [0, 0.05) is 19.2 Å². The number of amides is 1. The summed E-state index contributed by atoms with van der Waals surface area (Å²) in [4.78, 5) is 13.1. The molecule has 4 rings (SSSR count). The fourth-order valence-electron chi connectivity index (χ4n) is 4.41. The lowest BCUT2D eigenvalue weighted by Gasteiger charge is -2.27. The van der Waals surface area contributed by atoms with Gasteiger partial charge in [0.15, 0.2) is 23.0 Å². The minimum atomic E-state index is -4.55. The van der Waals surface area contributed by atoms with Crippen molar-refractivity contribution in [2.45, 2.75) is 58.3 Å². The Labute approximate surface area is 219 Å². The number of hydrogen-bond donors (Lipinski definition) is 1. The van der Waals surface area contributed by atoms with Gasteiger partial charge in [0.2, 0.25) is 0 Å². The number of rotatable bonds is 7.